The molecule has 0 spiro atoms. The zero-order chi connectivity index (χ0) is 107. The Kier molecular flexibility index (Phi) is 36.8. The highest BCUT2D eigenvalue weighted by molar-refractivity contribution is 5.34. The van der Waals surface area contributed by atoms with Crippen LogP contribution in [0.25, 0.3) is 0 Å². The SMILES string of the molecule is CC[C@@H]1O[C@H](O[C@H]2[C@H](O)[C@@H](O[C@H]3O[C@@H](CO)[C@H](O)[C@@H](O)[C@@H]3O)[C@H](O[C@H](CC[C@@H](C)C3CC[C@@]4(C)C5CC=C6C(CC[C@H](O)C6(C)C)[C@]5(C)[C@H](O)C[C@]34C)C(C)(C)O)O[C@@H]2CO)[C@@H](O)[C@H](O)[C@H]1O.C[C@@H]1[C@@H](O)[C@H](O)[C@@H](O[C@H]2[C@H](O)[C@@H](O[C@H]3O[C@@H](CO)[C@H](O)[C@@H](O)[C@@H]3O)[C@H](O[C@H](CC[C@@H](C)C3CC[C@@]4(C)C5CC=C6C(CC[C@H](O[C@@H]7O[C@H](CO)[C@@H](O)[C@H](O)[C@H]7O)C6(C)C)[C@]5(C)[C@H](O)C[C@]34C)C(C)(C)O)O[C@@H]2CO)O[C@H]1CO. The highest BCUT2D eigenvalue weighted by Crippen LogP contribution is 2.78. The molecule has 145 heavy (non-hydrogen) atoms. The zero-order valence-electron chi connectivity index (χ0n) is 87.5. The summed E-state index contributed by atoms with van der Waals surface area (Å²) < 4.78 is 85.1. The maximum Gasteiger partial charge on any atom is 0.187 e. The summed E-state index contributed by atoms with van der Waals surface area (Å²) in [6.45, 7) is 32.0. The van der Waals surface area contributed by atoms with Gasteiger partial charge in [0, 0.05) is 27.6 Å². The van der Waals surface area contributed by atoms with E-state index in [1.165, 1.54) is 11.1 Å². The van der Waals surface area contributed by atoms with E-state index in [0.717, 1.165) is 44.9 Å². The first-order valence-corrected chi connectivity index (χ1v) is 53.3. The molecule has 840 valence electrons. The average molecular weight is 2080 g/mol. The summed E-state index contributed by atoms with van der Waals surface area (Å²) >= 11 is 0. The van der Waals surface area contributed by atoms with Crippen LogP contribution in [0.1, 0.15) is 234 Å². The molecule has 7 saturated heterocycles. The van der Waals surface area contributed by atoms with Crippen molar-refractivity contribution in [1.82, 2.24) is 0 Å². The number of fused-ring (bicyclic) bond motifs is 10. The van der Waals surface area contributed by atoms with Gasteiger partial charge in [0.15, 0.2) is 44.0 Å². The third kappa shape index (κ3) is 21.2. The van der Waals surface area contributed by atoms with Gasteiger partial charge in [0.05, 0.1) is 106 Å². The summed E-state index contributed by atoms with van der Waals surface area (Å²) in [5, 5.41) is 295. The van der Waals surface area contributed by atoms with Crippen molar-refractivity contribution in [3.8, 4) is 0 Å². The van der Waals surface area contributed by atoms with E-state index in [0.29, 0.717) is 44.9 Å². The third-order valence-corrected chi connectivity index (χ3v) is 40.1. The molecule has 6 saturated carbocycles. The molecule has 0 aromatic rings. The number of ether oxygens (including phenoxy) is 14. The van der Waals surface area contributed by atoms with Gasteiger partial charge in [-0.15, -0.1) is 0 Å². The van der Waals surface area contributed by atoms with Crippen molar-refractivity contribution in [2.24, 2.45) is 96.6 Å². The molecule has 15 aliphatic rings. The van der Waals surface area contributed by atoms with Crippen LogP contribution in [0.15, 0.2) is 23.3 Å². The molecule has 7 aliphatic heterocycles. The standard InChI is InChI=1S/C55H94O23.C49H84O18/c1-23(25-16-17-53(7)32-13-11-26-27(55(32,9)33(60)18-54(25,53)8)12-15-34(51(26,3)4)75-47-42(67)39(64)37(62)29(20-57)72-47)10-14-35(52(5,6)70)76-50-46(78-49-43(68)40(65)38(63)30(21-58)73-49)44(69)45(31(22-59)74-50)77-48-41(66)36(61)24(2)28(19-56)71-48;1-10-26-33(54)35(56)37(58)42(62-26)66-40-28(21-51)64-44(41(39(40)60)67-43-38(59)36(57)34(55)27(20-50)63-43)65-32(46(5,6)61)16-11-22(2)23-17-18-47(7)29-14-12-24-25(13-15-30(52)45(24,3)4)49(29,9)31(53)19-48(23,47)8/h11,23-25,27-50,56-70H,10,12-22H2,1-9H3;12,22-23,25-44,50-61H,10-11,13-21H2,1-9H3/t23-,24+,25?,27?,28+,29-,30+,31-,32?,33-,34+,35-,36-,37-,38+,39+,40-,41+,42-,43+,44+,45-,46-,47+,48-,49-,50+,53+,54-,55+;22-,23?,25?,26+,27+,28-,29?,30+,31-,32-,33+,34+,35-,36-,37+,38+,39+,40-,41-,42-,43-,44+,47+,48-,49+/m11/s1. The molecule has 41 nitrogen and oxygen atoms in total. The minimum absolute atomic E-state index is 0.0160. The van der Waals surface area contributed by atoms with Crippen LogP contribution in [0.3, 0.4) is 0 Å². The smallest absolute Gasteiger partial charge is 0.187 e. The molecule has 8 aliphatic carbocycles. The lowest BCUT2D eigenvalue weighted by atomic mass is 9.38. The zero-order valence-corrected chi connectivity index (χ0v) is 87.5. The summed E-state index contributed by atoms with van der Waals surface area (Å²) in [5.74, 6) is 0.288. The monoisotopic (exact) mass is 2080 g/mol. The molecular weight excluding hydrogens is 1910 g/mol. The van der Waals surface area contributed by atoms with E-state index in [2.05, 4.69) is 95.2 Å². The fraction of sp³-hybridized carbons (Fsp3) is 0.962. The van der Waals surface area contributed by atoms with Gasteiger partial charge in [0.25, 0.3) is 0 Å². The topological polar surface area (TPSA) is 675 Å². The minimum Gasteiger partial charge on any atom is -0.394 e. The van der Waals surface area contributed by atoms with Crippen molar-refractivity contribution in [2.45, 2.75) is 490 Å². The van der Waals surface area contributed by atoms with Gasteiger partial charge >= 0.3 is 0 Å². The van der Waals surface area contributed by atoms with Crippen LogP contribution in [-0.2, 0) is 66.3 Å². The number of aliphatic hydroxyl groups excluding tert-OH is 25. The summed E-state index contributed by atoms with van der Waals surface area (Å²) in [4.78, 5) is 0. The lowest BCUT2D eigenvalue weighted by molar-refractivity contribution is -0.393. The molecule has 6 unspecified atom stereocenters. The van der Waals surface area contributed by atoms with Crippen LogP contribution < -0.4 is 0 Å². The third-order valence-electron chi connectivity index (χ3n) is 40.1. The second-order valence-electron chi connectivity index (χ2n) is 49.5. The highest BCUT2D eigenvalue weighted by Gasteiger charge is 2.74. The van der Waals surface area contributed by atoms with Crippen LogP contribution in [0.5, 0.6) is 0 Å². The fourth-order valence-corrected chi connectivity index (χ4v) is 30.3. The summed E-state index contributed by atoms with van der Waals surface area (Å²) in [5.41, 5.74) is -3.24. The summed E-state index contributed by atoms with van der Waals surface area (Å²) in [7, 11) is 0. The van der Waals surface area contributed by atoms with E-state index in [1.807, 2.05) is 0 Å². The maximum atomic E-state index is 12.7. The number of aliphatic hydroxyl groups is 27. The van der Waals surface area contributed by atoms with Crippen molar-refractivity contribution in [3.63, 3.8) is 0 Å². The van der Waals surface area contributed by atoms with Crippen molar-refractivity contribution < 1.29 is 204 Å². The first-order valence-electron chi connectivity index (χ1n) is 53.3. The minimum atomic E-state index is -1.93. The van der Waals surface area contributed by atoms with Gasteiger partial charge in [-0.05, 0) is 206 Å². The van der Waals surface area contributed by atoms with Gasteiger partial charge in [0.2, 0.25) is 0 Å². The molecule has 13 fully saturated rings. The molecule has 0 radical (unpaired) electrons. The van der Waals surface area contributed by atoms with Gasteiger partial charge in [-0.25, -0.2) is 0 Å². The quantitative estimate of drug-likeness (QED) is 0.0348. The van der Waals surface area contributed by atoms with Crippen molar-refractivity contribution >= 4 is 0 Å². The second kappa shape index (κ2) is 45.1. The summed E-state index contributed by atoms with van der Waals surface area (Å²) in [6, 6.07) is 0. The lowest BCUT2D eigenvalue weighted by Crippen LogP contribution is -2.67. The molecule has 0 amide bonds. The Hall–Kier alpha value is -2.16. The number of hydrogen-bond donors (Lipinski definition) is 27. The Morgan fingerprint density at radius 2 is 0.641 bits per heavy atom. The van der Waals surface area contributed by atoms with Gasteiger partial charge < -0.3 is 204 Å². The van der Waals surface area contributed by atoms with E-state index in [-0.39, 0.29) is 99.1 Å². The normalized spacial score (nSPS) is 51.2. The average Bonchev–Trinajstić information content (AvgIpc) is 1.58. The Morgan fingerprint density at radius 3 is 0.993 bits per heavy atom. The molecule has 7 heterocycles. The number of hydrogen-bond acceptors (Lipinski definition) is 41. The van der Waals surface area contributed by atoms with Crippen molar-refractivity contribution in [3.05, 3.63) is 23.3 Å². The Balaban J connectivity index is 0.000000232. The molecule has 15 rings (SSSR count). The molecule has 41 heteroatoms. The molecular formula is C104H178O41. The van der Waals surface area contributed by atoms with Crippen LogP contribution in [0.4, 0.5) is 0 Å². The Morgan fingerprint density at radius 1 is 0.331 bits per heavy atom. The van der Waals surface area contributed by atoms with Crippen LogP contribution >= 0.6 is 0 Å². The fourth-order valence-electron chi connectivity index (χ4n) is 30.3. The van der Waals surface area contributed by atoms with E-state index < -0.39 is 313 Å². The Bertz CT molecular complexity index is 4250. The van der Waals surface area contributed by atoms with E-state index in [9.17, 15) is 138 Å². The van der Waals surface area contributed by atoms with Gasteiger partial charge in [-0.2, -0.15) is 0 Å². The van der Waals surface area contributed by atoms with E-state index in [1.54, 1.807) is 41.5 Å². The van der Waals surface area contributed by atoms with Gasteiger partial charge in [-0.3, -0.25) is 0 Å². The first kappa shape index (κ1) is 118. The first-order chi connectivity index (χ1) is 67.7. The molecule has 27 N–H and O–H groups in total. The van der Waals surface area contributed by atoms with Gasteiger partial charge in [-0.1, -0.05) is 120 Å². The van der Waals surface area contributed by atoms with Crippen LogP contribution in [-0.4, -0.2) is 434 Å². The summed E-state index contributed by atoms with van der Waals surface area (Å²) in [6.07, 6.45) is -42.4. The predicted molar refractivity (Wildman–Crippen MR) is 509 cm³/mol. The van der Waals surface area contributed by atoms with E-state index >= 15 is 0 Å². The predicted octanol–water partition coefficient (Wildman–Crippen LogP) is -1.59. The molecule has 0 aromatic heterocycles. The van der Waals surface area contributed by atoms with E-state index in [4.69, 9.17) is 66.3 Å². The molecule has 55 atom stereocenters. The van der Waals surface area contributed by atoms with Crippen LogP contribution in [0, 0.1) is 96.6 Å². The maximum absolute atomic E-state index is 12.7. The number of rotatable bonds is 31. The van der Waals surface area contributed by atoms with Gasteiger partial charge in [0.1, 0.15) is 146 Å². The Labute approximate surface area is 850 Å². The highest BCUT2D eigenvalue weighted by atomic mass is 16.8. The van der Waals surface area contributed by atoms with Crippen molar-refractivity contribution in [2.75, 3.05) is 39.6 Å². The molecule has 0 bridgehead atoms. The largest absolute Gasteiger partial charge is 0.394 e. The van der Waals surface area contributed by atoms with Crippen molar-refractivity contribution in [1.29, 1.82) is 0 Å². The second-order valence-corrected chi connectivity index (χ2v) is 49.5. The van der Waals surface area contributed by atoms with Crippen LogP contribution in [0.2, 0.25) is 0 Å². The lowest BCUT2D eigenvalue weighted by Gasteiger charge is -2.67. The molecule has 0 aromatic carbocycles. The number of allylic oxidation sites excluding steroid dienone is 2.